The molecule has 0 N–H and O–H groups in total. The Morgan fingerprint density at radius 3 is 2.03 bits per heavy atom. The van der Waals surface area contributed by atoms with E-state index in [2.05, 4.69) is 51.4 Å². The lowest BCUT2D eigenvalue weighted by Crippen LogP contribution is -2.15. The standard InChI is InChI=1S/C29H44N2/c1-4-6-8-10-24-12-14-25(15-13-24)16-17-27-21-30-29(31-22-27)28-19-18-26(20-23(28)3)11-9-7-5-2/h18-22,24-25H,4-17H2,1-3H3. The fourth-order valence-electron chi connectivity index (χ4n) is 5.20. The van der Waals surface area contributed by atoms with Crippen molar-refractivity contribution in [1.82, 2.24) is 9.97 Å². The fraction of sp³-hybridized carbons (Fsp3) is 0.655. The van der Waals surface area contributed by atoms with Crippen molar-refractivity contribution in [3.8, 4) is 11.4 Å². The van der Waals surface area contributed by atoms with Gasteiger partial charge in [0.2, 0.25) is 0 Å². The van der Waals surface area contributed by atoms with Gasteiger partial charge in [-0.05, 0) is 61.1 Å². The molecule has 1 saturated carbocycles. The van der Waals surface area contributed by atoms with Gasteiger partial charge in [0.05, 0.1) is 0 Å². The normalized spacial score (nSPS) is 18.9. The van der Waals surface area contributed by atoms with E-state index in [0.29, 0.717) is 0 Å². The molecule has 1 heterocycles. The molecule has 1 aromatic carbocycles. The van der Waals surface area contributed by atoms with Crippen LogP contribution in [0.4, 0.5) is 0 Å². The summed E-state index contributed by atoms with van der Waals surface area (Å²) in [6, 6.07) is 6.79. The molecule has 0 atom stereocenters. The first-order valence-corrected chi connectivity index (χ1v) is 13.1. The number of rotatable bonds is 12. The van der Waals surface area contributed by atoms with Crippen LogP contribution in [0.15, 0.2) is 30.6 Å². The minimum atomic E-state index is 0.869. The molecule has 0 saturated heterocycles. The topological polar surface area (TPSA) is 25.8 Å². The number of aryl methyl sites for hydroxylation is 3. The van der Waals surface area contributed by atoms with Crippen LogP contribution in [0.1, 0.15) is 108 Å². The summed E-state index contributed by atoms with van der Waals surface area (Å²) in [4.78, 5) is 9.44. The van der Waals surface area contributed by atoms with Gasteiger partial charge in [-0.15, -0.1) is 0 Å². The zero-order valence-corrected chi connectivity index (χ0v) is 20.3. The average molecular weight is 421 g/mol. The van der Waals surface area contributed by atoms with E-state index >= 15 is 0 Å². The first-order valence-electron chi connectivity index (χ1n) is 13.1. The third-order valence-electron chi connectivity index (χ3n) is 7.33. The molecular weight excluding hydrogens is 376 g/mol. The van der Waals surface area contributed by atoms with Gasteiger partial charge in [0.1, 0.15) is 0 Å². The summed E-state index contributed by atoms with van der Waals surface area (Å²) in [5.41, 5.74) is 5.19. The molecule has 0 bridgehead atoms. The van der Waals surface area contributed by atoms with E-state index < -0.39 is 0 Å². The Morgan fingerprint density at radius 2 is 1.39 bits per heavy atom. The monoisotopic (exact) mass is 420 g/mol. The minimum Gasteiger partial charge on any atom is -0.236 e. The quantitative estimate of drug-likeness (QED) is 0.322. The second kappa shape index (κ2) is 13.0. The van der Waals surface area contributed by atoms with Crippen molar-refractivity contribution in [2.24, 2.45) is 11.8 Å². The Bertz CT molecular complexity index is 757. The van der Waals surface area contributed by atoms with Gasteiger partial charge in [0.25, 0.3) is 0 Å². The van der Waals surface area contributed by atoms with Crippen LogP contribution in [0.2, 0.25) is 0 Å². The summed E-state index contributed by atoms with van der Waals surface area (Å²) in [5.74, 6) is 2.78. The van der Waals surface area contributed by atoms with Crippen LogP contribution in [-0.2, 0) is 12.8 Å². The predicted octanol–water partition coefficient (Wildman–Crippen LogP) is 8.50. The van der Waals surface area contributed by atoms with Gasteiger partial charge in [0.15, 0.2) is 5.82 Å². The minimum absolute atomic E-state index is 0.869. The van der Waals surface area contributed by atoms with Gasteiger partial charge in [-0.3, -0.25) is 0 Å². The van der Waals surface area contributed by atoms with Crippen LogP contribution in [0.25, 0.3) is 11.4 Å². The maximum absolute atomic E-state index is 4.72. The molecule has 170 valence electrons. The Hall–Kier alpha value is -1.70. The van der Waals surface area contributed by atoms with Crippen LogP contribution in [0, 0.1) is 18.8 Å². The van der Waals surface area contributed by atoms with Gasteiger partial charge < -0.3 is 0 Å². The molecule has 31 heavy (non-hydrogen) atoms. The summed E-state index contributed by atoms with van der Waals surface area (Å²) < 4.78 is 0. The van der Waals surface area contributed by atoms with Crippen LogP contribution in [-0.4, -0.2) is 9.97 Å². The van der Waals surface area contributed by atoms with Gasteiger partial charge in [-0.25, -0.2) is 9.97 Å². The van der Waals surface area contributed by atoms with E-state index in [4.69, 9.17) is 9.97 Å². The second-order valence-electron chi connectivity index (χ2n) is 9.94. The number of unbranched alkanes of at least 4 members (excludes halogenated alkanes) is 4. The highest BCUT2D eigenvalue weighted by Crippen LogP contribution is 2.34. The molecule has 2 aromatic rings. The summed E-state index contributed by atoms with van der Waals surface area (Å²) in [5, 5.41) is 0. The van der Waals surface area contributed by atoms with Crippen LogP contribution >= 0.6 is 0 Å². The lowest BCUT2D eigenvalue weighted by atomic mass is 9.78. The molecule has 3 rings (SSSR count). The van der Waals surface area contributed by atoms with E-state index in [9.17, 15) is 0 Å². The van der Waals surface area contributed by atoms with E-state index in [1.807, 2.05) is 0 Å². The Labute approximate surface area is 191 Å². The highest BCUT2D eigenvalue weighted by atomic mass is 14.9. The number of hydrogen-bond acceptors (Lipinski definition) is 2. The predicted molar refractivity (Wildman–Crippen MR) is 133 cm³/mol. The smallest absolute Gasteiger partial charge is 0.159 e. The summed E-state index contributed by atoms with van der Waals surface area (Å²) in [7, 11) is 0. The molecule has 1 aliphatic carbocycles. The average Bonchev–Trinajstić information content (AvgIpc) is 2.79. The van der Waals surface area contributed by atoms with Crippen LogP contribution < -0.4 is 0 Å². The van der Waals surface area contributed by atoms with E-state index in [-0.39, 0.29) is 0 Å². The Morgan fingerprint density at radius 1 is 0.742 bits per heavy atom. The molecular formula is C29H44N2. The van der Waals surface area contributed by atoms with Crippen LogP contribution in [0.3, 0.4) is 0 Å². The first kappa shape index (κ1) is 24.0. The Balaban J connectivity index is 1.45. The number of nitrogens with zero attached hydrogens (tertiary/aromatic N) is 2. The van der Waals surface area contributed by atoms with E-state index in [1.165, 1.54) is 106 Å². The molecule has 2 heteroatoms. The van der Waals surface area contributed by atoms with Gasteiger partial charge in [-0.1, -0.05) is 96.3 Å². The molecule has 1 fully saturated rings. The third-order valence-corrected chi connectivity index (χ3v) is 7.33. The maximum atomic E-state index is 4.72. The Kier molecular flexibility index (Phi) is 10.0. The molecule has 0 radical (unpaired) electrons. The van der Waals surface area contributed by atoms with Crippen molar-refractivity contribution in [3.05, 3.63) is 47.3 Å². The van der Waals surface area contributed by atoms with Crippen molar-refractivity contribution in [2.75, 3.05) is 0 Å². The largest absolute Gasteiger partial charge is 0.236 e. The summed E-state index contributed by atoms with van der Waals surface area (Å²) >= 11 is 0. The molecule has 0 aliphatic heterocycles. The molecule has 1 aliphatic rings. The SMILES string of the molecule is CCCCCc1ccc(-c2ncc(CCC3CCC(CCCCC)CC3)cn2)c(C)c1. The molecule has 0 unspecified atom stereocenters. The van der Waals surface area contributed by atoms with E-state index in [1.54, 1.807) is 0 Å². The summed E-state index contributed by atoms with van der Waals surface area (Å²) in [6.07, 6.45) is 23.0. The lowest BCUT2D eigenvalue weighted by Gasteiger charge is -2.28. The van der Waals surface area contributed by atoms with Gasteiger partial charge in [-0.2, -0.15) is 0 Å². The van der Waals surface area contributed by atoms with Gasteiger partial charge in [0, 0.05) is 18.0 Å². The number of benzene rings is 1. The van der Waals surface area contributed by atoms with Crippen molar-refractivity contribution < 1.29 is 0 Å². The lowest BCUT2D eigenvalue weighted by molar-refractivity contribution is 0.249. The third kappa shape index (κ3) is 7.74. The van der Waals surface area contributed by atoms with Gasteiger partial charge >= 0.3 is 0 Å². The summed E-state index contributed by atoms with van der Waals surface area (Å²) in [6.45, 7) is 6.75. The van der Waals surface area contributed by atoms with Crippen molar-refractivity contribution >= 4 is 0 Å². The maximum Gasteiger partial charge on any atom is 0.159 e. The number of aromatic nitrogens is 2. The number of hydrogen-bond donors (Lipinski definition) is 0. The molecule has 2 nitrogen and oxygen atoms in total. The van der Waals surface area contributed by atoms with Crippen LogP contribution in [0.5, 0.6) is 0 Å². The molecule has 0 amide bonds. The van der Waals surface area contributed by atoms with Crippen molar-refractivity contribution in [1.29, 1.82) is 0 Å². The first-order chi connectivity index (χ1) is 15.2. The second-order valence-corrected chi connectivity index (χ2v) is 9.94. The molecule has 0 spiro atoms. The van der Waals surface area contributed by atoms with E-state index in [0.717, 1.165) is 24.1 Å². The zero-order chi connectivity index (χ0) is 21.9. The zero-order valence-electron chi connectivity index (χ0n) is 20.3. The van der Waals surface area contributed by atoms with Crippen molar-refractivity contribution in [2.45, 2.75) is 111 Å². The fourth-order valence-corrected chi connectivity index (χ4v) is 5.20. The highest BCUT2D eigenvalue weighted by Gasteiger charge is 2.20. The van der Waals surface area contributed by atoms with Crippen molar-refractivity contribution in [3.63, 3.8) is 0 Å². The molecule has 1 aromatic heterocycles. The highest BCUT2D eigenvalue weighted by molar-refractivity contribution is 5.60.